The summed E-state index contributed by atoms with van der Waals surface area (Å²) < 4.78 is 52.7. The van der Waals surface area contributed by atoms with Crippen LogP contribution in [-0.2, 0) is 19.9 Å². The normalized spacial score (nSPS) is 12.3. The Labute approximate surface area is 159 Å². The van der Waals surface area contributed by atoms with Crippen LogP contribution in [-0.4, -0.2) is 31.8 Å². The fourth-order valence-electron chi connectivity index (χ4n) is 2.83. The molecule has 0 amide bonds. The van der Waals surface area contributed by atoms with Crippen molar-refractivity contribution in [1.82, 2.24) is 9.19 Å². The molecule has 0 bridgehead atoms. The second-order valence-corrected chi connectivity index (χ2v) is 10.2. The van der Waals surface area contributed by atoms with E-state index in [4.69, 9.17) is 0 Å². The zero-order valence-corrected chi connectivity index (χ0v) is 16.9. The van der Waals surface area contributed by atoms with E-state index in [0.29, 0.717) is 5.56 Å². The fourth-order valence-corrected chi connectivity index (χ4v) is 5.51. The van der Waals surface area contributed by atoms with Crippen LogP contribution >= 0.6 is 0 Å². The standard InChI is InChI=1S/C19H20N2O4S2/c1-4-26(22,23)19-15(3)20-21(18(19)16-8-6-5-7-9-16)27(24,25)17-12-10-14(2)11-13-17/h5-13H,4H2,1-3H3. The van der Waals surface area contributed by atoms with Gasteiger partial charge in [-0.2, -0.15) is 17.6 Å². The van der Waals surface area contributed by atoms with Crippen molar-refractivity contribution >= 4 is 19.9 Å². The highest BCUT2D eigenvalue weighted by molar-refractivity contribution is 7.92. The zero-order chi connectivity index (χ0) is 19.8. The van der Waals surface area contributed by atoms with Gasteiger partial charge >= 0.3 is 0 Å². The molecule has 1 aromatic heterocycles. The van der Waals surface area contributed by atoms with E-state index in [1.807, 2.05) is 6.92 Å². The van der Waals surface area contributed by atoms with Crippen LogP contribution in [0.2, 0.25) is 0 Å². The van der Waals surface area contributed by atoms with E-state index in [9.17, 15) is 16.8 Å². The van der Waals surface area contributed by atoms with Crippen molar-refractivity contribution < 1.29 is 16.8 Å². The van der Waals surface area contributed by atoms with Gasteiger partial charge in [0.1, 0.15) is 10.6 Å². The molecular formula is C19H20N2O4S2. The molecule has 27 heavy (non-hydrogen) atoms. The number of sulfone groups is 1. The summed E-state index contributed by atoms with van der Waals surface area (Å²) in [6.45, 7) is 4.89. The molecule has 8 heteroatoms. The van der Waals surface area contributed by atoms with Crippen molar-refractivity contribution in [1.29, 1.82) is 0 Å². The van der Waals surface area contributed by atoms with Crippen molar-refractivity contribution in [2.24, 2.45) is 0 Å². The number of hydrogen-bond donors (Lipinski definition) is 0. The second-order valence-electron chi connectivity index (χ2n) is 6.19. The molecule has 0 saturated carbocycles. The van der Waals surface area contributed by atoms with Gasteiger partial charge in [0, 0.05) is 5.56 Å². The first-order chi connectivity index (χ1) is 12.7. The van der Waals surface area contributed by atoms with Gasteiger partial charge in [-0.3, -0.25) is 0 Å². The molecule has 0 unspecified atom stereocenters. The zero-order valence-electron chi connectivity index (χ0n) is 15.2. The number of nitrogens with zero attached hydrogens (tertiary/aromatic N) is 2. The van der Waals surface area contributed by atoms with Gasteiger partial charge in [-0.25, -0.2) is 8.42 Å². The predicted molar refractivity (Wildman–Crippen MR) is 104 cm³/mol. The highest BCUT2D eigenvalue weighted by Crippen LogP contribution is 2.33. The quantitative estimate of drug-likeness (QED) is 0.652. The van der Waals surface area contributed by atoms with Crippen LogP contribution in [0.1, 0.15) is 18.2 Å². The van der Waals surface area contributed by atoms with E-state index in [1.54, 1.807) is 42.5 Å². The molecule has 0 atom stereocenters. The fraction of sp³-hybridized carbons (Fsp3) is 0.211. The lowest BCUT2D eigenvalue weighted by Gasteiger charge is -2.11. The number of rotatable bonds is 5. The minimum absolute atomic E-state index is 0.0492. The Morgan fingerprint density at radius 1 is 0.889 bits per heavy atom. The summed E-state index contributed by atoms with van der Waals surface area (Å²) in [5.74, 6) is -0.149. The lowest BCUT2D eigenvalue weighted by molar-refractivity contribution is 0.580. The maximum atomic E-state index is 13.2. The first kappa shape index (κ1) is 19.3. The Hall–Kier alpha value is -2.45. The Balaban J connectivity index is 2.38. The maximum Gasteiger partial charge on any atom is 0.283 e. The average molecular weight is 405 g/mol. The third kappa shape index (κ3) is 3.42. The highest BCUT2D eigenvalue weighted by Gasteiger charge is 2.32. The summed E-state index contributed by atoms with van der Waals surface area (Å²) >= 11 is 0. The van der Waals surface area contributed by atoms with Gasteiger partial charge in [-0.1, -0.05) is 55.0 Å². The second kappa shape index (κ2) is 6.94. The summed E-state index contributed by atoms with van der Waals surface area (Å²) in [4.78, 5) is 0.000106. The monoisotopic (exact) mass is 404 g/mol. The van der Waals surface area contributed by atoms with Gasteiger partial charge in [0.05, 0.1) is 16.3 Å². The van der Waals surface area contributed by atoms with Crippen molar-refractivity contribution in [2.45, 2.75) is 30.6 Å². The van der Waals surface area contributed by atoms with Crippen LogP contribution in [0.25, 0.3) is 11.3 Å². The molecule has 142 valence electrons. The minimum Gasteiger partial charge on any atom is -0.224 e. The average Bonchev–Trinajstić information content (AvgIpc) is 3.02. The summed E-state index contributed by atoms with van der Waals surface area (Å²) in [6.07, 6.45) is 0. The summed E-state index contributed by atoms with van der Waals surface area (Å²) in [5.41, 5.74) is 1.62. The Morgan fingerprint density at radius 3 is 2.04 bits per heavy atom. The minimum atomic E-state index is -4.06. The molecule has 0 fully saturated rings. The molecule has 1 heterocycles. The van der Waals surface area contributed by atoms with Crippen LogP contribution in [0.5, 0.6) is 0 Å². The number of benzene rings is 2. The van der Waals surface area contributed by atoms with Crippen molar-refractivity contribution in [3.63, 3.8) is 0 Å². The SMILES string of the molecule is CCS(=O)(=O)c1c(C)nn(S(=O)(=O)c2ccc(C)cc2)c1-c1ccccc1. The van der Waals surface area contributed by atoms with E-state index in [2.05, 4.69) is 5.10 Å². The van der Waals surface area contributed by atoms with Crippen LogP contribution < -0.4 is 0 Å². The van der Waals surface area contributed by atoms with Gasteiger partial charge in [0.15, 0.2) is 9.84 Å². The van der Waals surface area contributed by atoms with Crippen molar-refractivity contribution in [2.75, 3.05) is 5.75 Å². The van der Waals surface area contributed by atoms with Crippen LogP contribution in [0, 0.1) is 13.8 Å². The smallest absolute Gasteiger partial charge is 0.224 e. The van der Waals surface area contributed by atoms with E-state index >= 15 is 0 Å². The number of aryl methyl sites for hydroxylation is 2. The molecule has 6 nitrogen and oxygen atoms in total. The lowest BCUT2D eigenvalue weighted by Crippen LogP contribution is -2.16. The predicted octanol–water partition coefficient (Wildman–Crippen LogP) is 3.20. The maximum absolute atomic E-state index is 13.2. The van der Waals surface area contributed by atoms with Crippen LogP contribution in [0.4, 0.5) is 0 Å². The van der Waals surface area contributed by atoms with Crippen molar-refractivity contribution in [3.05, 3.63) is 65.9 Å². The molecule has 2 aromatic carbocycles. The first-order valence-corrected chi connectivity index (χ1v) is 11.5. The molecule has 0 spiro atoms. The van der Waals surface area contributed by atoms with E-state index in [-0.39, 0.29) is 26.9 Å². The van der Waals surface area contributed by atoms with E-state index in [1.165, 1.54) is 26.0 Å². The molecule has 3 rings (SSSR count). The summed E-state index contributed by atoms with van der Waals surface area (Å²) in [7, 11) is -7.75. The van der Waals surface area contributed by atoms with Crippen LogP contribution in [0.3, 0.4) is 0 Å². The molecule has 0 aliphatic heterocycles. The van der Waals surface area contributed by atoms with Gasteiger partial charge in [0.2, 0.25) is 0 Å². The van der Waals surface area contributed by atoms with Gasteiger partial charge in [0.25, 0.3) is 10.0 Å². The van der Waals surface area contributed by atoms with E-state index in [0.717, 1.165) is 9.65 Å². The topological polar surface area (TPSA) is 86.1 Å². The molecule has 0 radical (unpaired) electrons. The number of aromatic nitrogens is 2. The van der Waals surface area contributed by atoms with Gasteiger partial charge in [-0.05, 0) is 26.0 Å². The molecule has 0 aliphatic rings. The van der Waals surface area contributed by atoms with Crippen molar-refractivity contribution in [3.8, 4) is 11.3 Å². The molecule has 0 aliphatic carbocycles. The van der Waals surface area contributed by atoms with Gasteiger partial charge < -0.3 is 0 Å². The third-order valence-electron chi connectivity index (χ3n) is 4.26. The van der Waals surface area contributed by atoms with Crippen LogP contribution in [0.15, 0.2) is 64.4 Å². The highest BCUT2D eigenvalue weighted by atomic mass is 32.2. The Bertz CT molecular complexity index is 1180. The molecule has 3 aromatic rings. The molecular weight excluding hydrogens is 384 g/mol. The largest absolute Gasteiger partial charge is 0.283 e. The first-order valence-electron chi connectivity index (χ1n) is 8.38. The Kier molecular flexibility index (Phi) is 4.96. The third-order valence-corrected chi connectivity index (χ3v) is 7.72. The molecule has 0 saturated heterocycles. The summed E-state index contributed by atoms with van der Waals surface area (Å²) in [5, 5.41) is 4.12. The van der Waals surface area contributed by atoms with E-state index < -0.39 is 19.9 Å². The lowest BCUT2D eigenvalue weighted by atomic mass is 10.1. The number of hydrogen-bond acceptors (Lipinski definition) is 5. The Morgan fingerprint density at radius 2 is 1.48 bits per heavy atom. The van der Waals surface area contributed by atoms with Gasteiger partial charge in [-0.15, -0.1) is 0 Å². The molecule has 0 N–H and O–H groups in total. The summed E-state index contributed by atoms with van der Waals surface area (Å²) in [6, 6.07) is 14.9.